The Kier molecular flexibility index (Phi) is 5.97. The first-order valence-electron chi connectivity index (χ1n) is 10.7. The lowest BCUT2D eigenvalue weighted by Crippen LogP contribution is -2.52. The average Bonchev–Trinajstić information content (AvgIpc) is 3.16. The normalized spacial score (nSPS) is 24.8. The largest absolute Gasteiger partial charge is 0.368 e. The molecule has 6 nitrogen and oxygen atoms in total. The van der Waals surface area contributed by atoms with Crippen LogP contribution >= 0.6 is 0 Å². The smallest absolute Gasteiger partial charge is 0.236 e. The maximum absolute atomic E-state index is 12.3. The number of fused-ring (bicyclic) bond motifs is 1. The third-order valence-corrected chi connectivity index (χ3v) is 6.82. The van der Waals surface area contributed by atoms with E-state index in [0.717, 1.165) is 39.0 Å². The minimum atomic E-state index is -0.484. The van der Waals surface area contributed by atoms with Crippen LogP contribution in [-0.4, -0.2) is 66.4 Å². The maximum Gasteiger partial charge on any atom is 0.236 e. The summed E-state index contributed by atoms with van der Waals surface area (Å²) in [4.78, 5) is 28.4. The van der Waals surface area contributed by atoms with Crippen molar-refractivity contribution < 1.29 is 9.59 Å². The first-order valence-corrected chi connectivity index (χ1v) is 10.7. The van der Waals surface area contributed by atoms with Gasteiger partial charge in [-0.3, -0.25) is 19.4 Å². The van der Waals surface area contributed by atoms with Gasteiger partial charge in [-0.1, -0.05) is 24.3 Å². The van der Waals surface area contributed by atoms with Gasteiger partial charge in [0, 0.05) is 18.6 Å². The van der Waals surface area contributed by atoms with E-state index in [1.54, 1.807) is 0 Å². The number of amides is 2. The predicted molar refractivity (Wildman–Crippen MR) is 109 cm³/mol. The molecule has 0 aromatic heterocycles. The van der Waals surface area contributed by atoms with Crippen molar-refractivity contribution in [3.05, 3.63) is 35.4 Å². The summed E-state index contributed by atoms with van der Waals surface area (Å²) in [7, 11) is 0. The molecule has 28 heavy (non-hydrogen) atoms. The van der Waals surface area contributed by atoms with E-state index < -0.39 is 5.91 Å². The SMILES string of the molecule is NC(=O)CNC(=O)[C@H]1CCCN(C2CCN(C3Cc4ccccc4C3)CC2)C1. The first-order chi connectivity index (χ1) is 13.6. The predicted octanol–water partition coefficient (Wildman–Crippen LogP) is 0.932. The van der Waals surface area contributed by atoms with Crippen molar-refractivity contribution in [2.45, 2.75) is 50.6 Å². The van der Waals surface area contributed by atoms with Crippen LogP contribution in [0.4, 0.5) is 0 Å². The summed E-state index contributed by atoms with van der Waals surface area (Å²) < 4.78 is 0. The van der Waals surface area contributed by atoms with Gasteiger partial charge in [-0.2, -0.15) is 0 Å². The van der Waals surface area contributed by atoms with Crippen LogP contribution in [0, 0.1) is 5.92 Å². The summed E-state index contributed by atoms with van der Waals surface area (Å²) in [6.07, 6.45) is 6.69. The van der Waals surface area contributed by atoms with Gasteiger partial charge in [0.1, 0.15) is 0 Å². The van der Waals surface area contributed by atoms with E-state index in [1.165, 1.54) is 36.8 Å². The molecule has 0 saturated carbocycles. The molecule has 2 saturated heterocycles. The van der Waals surface area contributed by atoms with Crippen molar-refractivity contribution in [3.8, 4) is 0 Å². The molecule has 1 aromatic carbocycles. The Balaban J connectivity index is 1.26. The van der Waals surface area contributed by atoms with Crippen LogP contribution in [0.5, 0.6) is 0 Å². The van der Waals surface area contributed by atoms with Crippen LogP contribution in [0.25, 0.3) is 0 Å². The highest BCUT2D eigenvalue weighted by Gasteiger charge is 2.34. The second-order valence-electron chi connectivity index (χ2n) is 8.62. The Hall–Kier alpha value is -1.92. The fourth-order valence-electron chi connectivity index (χ4n) is 5.28. The lowest BCUT2D eigenvalue weighted by molar-refractivity contribution is -0.129. The van der Waals surface area contributed by atoms with Crippen molar-refractivity contribution in [3.63, 3.8) is 0 Å². The third-order valence-electron chi connectivity index (χ3n) is 6.82. The minimum absolute atomic E-state index is 0.0181. The third kappa shape index (κ3) is 4.39. The zero-order valence-electron chi connectivity index (χ0n) is 16.6. The van der Waals surface area contributed by atoms with Gasteiger partial charge < -0.3 is 11.1 Å². The Morgan fingerprint density at radius 3 is 2.29 bits per heavy atom. The summed E-state index contributed by atoms with van der Waals surface area (Å²) in [5.74, 6) is -0.525. The topological polar surface area (TPSA) is 78.7 Å². The molecule has 2 fully saturated rings. The van der Waals surface area contributed by atoms with Crippen LogP contribution < -0.4 is 11.1 Å². The van der Waals surface area contributed by atoms with E-state index in [0.29, 0.717) is 12.1 Å². The van der Waals surface area contributed by atoms with Gasteiger partial charge in [-0.05, 0) is 69.3 Å². The molecule has 6 heteroatoms. The highest BCUT2D eigenvalue weighted by atomic mass is 16.2. The number of primary amides is 1. The number of piperidine rings is 2. The van der Waals surface area contributed by atoms with Gasteiger partial charge in [0.25, 0.3) is 0 Å². The molecule has 1 atom stereocenters. The lowest BCUT2D eigenvalue weighted by Gasteiger charge is -2.43. The number of nitrogens with one attached hydrogen (secondary N) is 1. The zero-order valence-corrected chi connectivity index (χ0v) is 16.6. The molecular formula is C22H32N4O2. The van der Waals surface area contributed by atoms with Gasteiger partial charge >= 0.3 is 0 Å². The van der Waals surface area contributed by atoms with Gasteiger partial charge in [-0.15, -0.1) is 0 Å². The van der Waals surface area contributed by atoms with Crippen molar-refractivity contribution in [2.24, 2.45) is 11.7 Å². The standard InChI is InChI=1S/C22H32N4O2/c23-21(27)14-24-22(28)18-6-3-9-26(15-18)19-7-10-25(11-8-19)20-12-16-4-1-2-5-17(16)13-20/h1-2,4-5,18-20H,3,6-15H2,(H2,23,27)(H,24,28)/t18-/m0/s1. The molecule has 3 N–H and O–H groups in total. The lowest BCUT2D eigenvalue weighted by atomic mass is 9.92. The Morgan fingerprint density at radius 1 is 0.964 bits per heavy atom. The monoisotopic (exact) mass is 384 g/mol. The van der Waals surface area contributed by atoms with Gasteiger partial charge in [0.15, 0.2) is 0 Å². The molecule has 3 aliphatic rings. The highest BCUT2D eigenvalue weighted by Crippen LogP contribution is 2.29. The molecule has 4 rings (SSSR count). The molecule has 2 heterocycles. The van der Waals surface area contributed by atoms with Crippen LogP contribution in [0.2, 0.25) is 0 Å². The molecule has 2 aliphatic heterocycles. The quantitative estimate of drug-likeness (QED) is 0.792. The Bertz CT molecular complexity index is 689. The maximum atomic E-state index is 12.3. The van der Waals surface area contributed by atoms with Crippen molar-refractivity contribution in [1.29, 1.82) is 0 Å². The van der Waals surface area contributed by atoms with E-state index in [1.807, 2.05) is 0 Å². The van der Waals surface area contributed by atoms with E-state index in [2.05, 4.69) is 39.4 Å². The fraction of sp³-hybridized carbons (Fsp3) is 0.636. The molecule has 1 aromatic rings. The molecule has 0 spiro atoms. The summed E-state index contributed by atoms with van der Waals surface area (Å²) in [6, 6.07) is 10.1. The van der Waals surface area contributed by atoms with Gasteiger partial charge in [-0.25, -0.2) is 0 Å². The molecule has 1 aliphatic carbocycles. The zero-order chi connectivity index (χ0) is 19.5. The van der Waals surface area contributed by atoms with Crippen LogP contribution in [0.3, 0.4) is 0 Å². The second kappa shape index (κ2) is 8.62. The van der Waals surface area contributed by atoms with E-state index in [-0.39, 0.29) is 18.4 Å². The fourth-order valence-corrected chi connectivity index (χ4v) is 5.28. The molecule has 0 bridgehead atoms. The van der Waals surface area contributed by atoms with Crippen LogP contribution in [0.1, 0.15) is 36.8 Å². The number of rotatable bonds is 5. The molecule has 152 valence electrons. The number of hydrogen-bond donors (Lipinski definition) is 2. The van der Waals surface area contributed by atoms with Gasteiger partial charge in [0.2, 0.25) is 11.8 Å². The van der Waals surface area contributed by atoms with Crippen molar-refractivity contribution in [2.75, 3.05) is 32.7 Å². The number of nitrogens with two attached hydrogens (primary N) is 1. The number of carbonyl (C=O) groups excluding carboxylic acids is 2. The van der Waals surface area contributed by atoms with Gasteiger partial charge in [0.05, 0.1) is 12.5 Å². The number of nitrogens with zero attached hydrogens (tertiary/aromatic N) is 2. The Morgan fingerprint density at radius 2 is 1.64 bits per heavy atom. The summed E-state index contributed by atoms with van der Waals surface area (Å²) in [6.45, 7) is 4.14. The Labute approximate surface area is 167 Å². The number of benzene rings is 1. The highest BCUT2D eigenvalue weighted by molar-refractivity contribution is 5.85. The molecular weight excluding hydrogens is 352 g/mol. The first kappa shape index (κ1) is 19.4. The summed E-state index contributed by atoms with van der Waals surface area (Å²) in [5.41, 5.74) is 8.19. The average molecular weight is 385 g/mol. The van der Waals surface area contributed by atoms with E-state index >= 15 is 0 Å². The van der Waals surface area contributed by atoms with E-state index in [4.69, 9.17) is 5.73 Å². The summed E-state index contributed by atoms with van der Waals surface area (Å²) >= 11 is 0. The molecule has 0 unspecified atom stereocenters. The number of carbonyl (C=O) groups is 2. The second-order valence-corrected chi connectivity index (χ2v) is 8.62. The number of hydrogen-bond acceptors (Lipinski definition) is 4. The van der Waals surface area contributed by atoms with Crippen molar-refractivity contribution in [1.82, 2.24) is 15.1 Å². The van der Waals surface area contributed by atoms with Crippen molar-refractivity contribution >= 4 is 11.8 Å². The van der Waals surface area contributed by atoms with Crippen LogP contribution in [0.15, 0.2) is 24.3 Å². The summed E-state index contributed by atoms with van der Waals surface area (Å²) in [5, 5.41) is 2.68. The van der Waals surface area contributed by atoms with E-state index in [9.17, 15) is 9.59 Å². The molecule has 2 amide bonds. The van der Waals surface area contributed by atoms with Crippen LogP contribution in [-0.2, 0) is 22.4 Å². The minimum Gasteiger partial charge on any atom is -0.368 e. The number of likely N-dealkylation sites (tertiary alicyclic amines) is 2. The molecule has 0 radical (unpaired) electrons.